The van der Waals surface area contributed by atoms with Gasteiger partial charge in [-0.3, -0.25) is 4.79 Å². The zero-order chi connectivity index (χ0) is 21.0. The number of benzene rings is 2. The summed E-state index contributed by atoms with van der Waals surface area (Å²) in [5, 5.41) is 16.7. The summed E-state index contributed by atoms with van der Waals surface area (Å²) in [5.41, 5.74) is 3.62. The van der Waals surface area contributed by atoms with Gasteiger partial charge in [0, 0.05) is 29.2 Å². The van der Waals surface area contributed by atoms with Crippen LogP contribution in [0.25, 0.3) is 17.0 Å². The van der Waals surface area contributed by atoms with Gasteiger partial charge in [-0.25, -0.2) is 4.98 Å². The highest BCUT2D eigenvalue weighted by molar-refractivity contribution is 6.04. The summed E-state index contributed by atoms with van der Waals surface area (Å²) < 4.78 is 7.78. The average Bonchev–Trinajstić information content (AvgIpc) is 3.48. The lowest BCUT2D eigenvalue weighted by Gasteiger charge is -2.08. The molecule has 2 N–H and O–H groups in total. The summed E-state index contributed by atoms with van der Waals surface area (Å²) in [4.78, 5) is 17.2. The minimum atomic E-state index is -0.231. The van der Waals surface area contributed by atoms with Crippen LogP contribution in [0.3, 0.4) is 0 Å². The summed E-state index contributed by atoms with van der Waals surface area (Å²) in [5.74, 6) is 0.857. The van der Waals surface area contributed by atoms with Crippen LogP contribution < -0.4 is 10.1 Å². The molecule has 9 heteroatoms. The quantitative estimate of drug-likeness (QED) is 0.443. The van der Waals surface area contributed by atoms with Crippen molar-refractivity contribution >= 4 is 17.2 Å². The van der Waals surface area contributed by atoms with Gasteiger partial charge in [-0.1, -0.05) is 12.1 Å². The van der Waals surface area contributed by atoms with Crippen molar-refractivity contribution < 1.29 is 9.53 Å². The van der Waals surface area contributed by atoms with Gasteiger partial charge < -0.3 is 14.5 Å². The molecule has 2 aromatic carbocycles. The van der Waals surface area contributed by atoms with E-state index in [-0.39, 0.29) is 5.91 Å². The smallest absolute Gasteiger partial charge is 0.255 e. The normalized spacial score (nSPS) is 10.8. The Kier molecular flexibility index (Phi) is 4.82. The molecule has 31 heavy (non-hydrogen) atoms. The number of hydrogen-bond donors (Lipinski definition) is 2. The fraction of sp³-hybridized carbons (Fsp3) is 0.0455. The molecular weight excluding hydrogens is 394 g/mol. The molecule has 9 nitrogen and oxygen atoms in total. The van der Waals surface area contributed by atoms with E-state index in [0.717, 1.165) is 16.9 Å². The second-order valence-corrected chi connectivity index (χ2v) is 6.78. The molecule has 0 unspecified atom stereocenters. The standard InChI is InChI=1S/C22H17N7O2/c30-22(24-17-9-7-15(8-10-17)21-25-27-28-26-21)16-4-3-5-19(12-16)31-14-18-13-29-11-2-1-6-20(29)23-18/h1-13H,14H2,(H,24,30)(H,25,26,27,28). The lowest BCUT2D eigenvalue weighted by atomic mass is 10.1. The van der Waals surface area contributed by atoms with Crippen LogP contribution in [0.1, 0.15) is 16.1 Å². The number of aromatic nitrogens is 6. The first-order chi connectivity index (χ1) is 15.2. The Hall–Kier alpha value is -4.53. The van der Waals surface area contributed by atoms with Gasteiger partial charge in [0.1, 0.15) is 18.0 Å². The van der Waals surface area contributed by atoms with Crippen molar-refractivity contribution in [2.24, 2.45) is 0 Å². The molecule has 0 saturated heterocycles. The molecule has 0 aliphatic heterocycles. The van der Waals surface area contributed by atoms with Crippen molar-refractivity contribution in [2.75, 3.05) is 5.32 Å². The van der Waals surface area contributed by atoms with E-state index in [1.54, 1.807) is 30.3 Å². The number of aromatic amines is 1. The summed E-state index contributed by atoms with van der Waals surface area (Å²) in [6, 6.07) is 20.1. The number of H-pyrrole nitrogens is 1. The van der Waals surface area contributed by atoms with Crippen molar-refractivity contribution in [3.63, 3.8) is 0 Å². The van der Waals surface area contributed by atoms with Gasteiger partial charge in [0.25, 0.3) is 5.91 Å². The van der Waals surface area contributed by atoms with E-state index < -0.39 is 0 Å². The molecule has 0 atom stereocenters. The Labute approximate surface area is 176 Å². The van der Waals surface area contributed by atoms with Gasteiger partial charge in [0.15, 0.2) is 0 Å². The number of pyridine rings is 1. The number of ether oxygens (including phenoxy) is 1. The molecular formula is C22H17N7O2. The second-order valence-electron chi connectivity index (χ2n) is 6.78. The summed E-state index contributed by atoms with van der Waals surface area (Å²) in [6.45, 7) is 0.310. The Morgan fingerprint density at radius 2 is 1.97 bits per heavy atom. The largest absolute Gasteiger partial charge is 0.487 e. The molecule has 0 saturated carbocycles. The van der Waals surface area contributed by atoms with Gasteiger partial charge >= 0.3 is 0 Å². The molecule has 3 heterocycles. The molecule has 0 fully saturated rings. The maximum atomic E-state index is 12.6. The third-order valence-corrected chi connectivity index (χ3v) is 4.64. The van der Waals surface area contributed by atoms with E-state index in [0.29, 0.717) is 29.4 Å². The maximum absolute atomic E-state index is 12.6. The van der Waals surface area contributed by atoms with E-state index in [1.807, 2.05) is 53.2 Å². The number of rotatable bonds is 6. The number of tetrazole rings is 1. The van der Waals surface area contributed by atoms with Crippen LogP contribution in [0, 0.1) is 0 Å². The van der Waals surface area contributed by atoms with E-state index in [2.05, 4.69) is 30.9 Å². The molecule has 0 radical (unpaired) electrons. The first-order valence-electron chi connectivity index (χ1n) is 9.55. The number of nitrogens with one attached hydrogen (secondary N) is 2. The summed E-state index contributed by atoms with van der Waals surface area (Å²) >= 11 is 0. The third kappa shape index (κ3) is 4.10. The molecule has 0 bridgehead atoms. The number of nitrogens with zero attached hydrogens (tertiary/aromatic N) is 5. The number of fused-ring (bicyclic) bond motifs is 1. The summed E-state index contributed by atoms with van der Waals surface area (Å²) in [6.07, 6.45) is 3.86. The van der Waals surface area contributed by atoms with Gasteiger partial charge in [0.2, 0.25) is 5.82 Å². The highest BCUT2D eigenvalue weighted by Crippen LogP contribution is 2.19. The van der Waals surface area contributed by atoms with Crippen LogP contribution in [0.5, 0.6) is 5.75 Å². The van der Waals surface area contributed by atoms with Gasteiger partial charge in [0.05, 0.1) is 5.69 Å². The molecule has 0 aliphatic rings. The van der Waals surface area contributed by atoms with Crippen LogP contribution in [-0.2, 0) is 6.61 Å². The molecule has 5 rings (SSSR count). The Bertz CT molecular complexity index is 1290. The third-order valence-electron chi connectivity index (χ3n) is 4.64. The number of carbonyl (C=O) groups is 1. The molecule has 5 aromatic rings. The lowest BCUT2D eigenvalue weighted by molar-refractivity contribution is 0.102. The van der Waals surface area contributed by atoms with Gasteiger partial charge in [-0.15, -0.1) is 10.2 Å². The van der Waals surface area contributed by atoms with Crippen LogP contribution in [0.2, 0.25) is 0 Å². The maximum Gasteiger partial charge on any atom is 0.255 e. The Morgan fingerprint density at radius 3 is 2.77 bits per heavy atom. The average molecular weight is 411 g/mol. The minimum absolute atomic E-state index is 0.231. The van der Waals surface area contributed by atoms with Crippen molar-refractivity contribution in [1.82, 2.24) is 30.0 Å². The molecule has 3 aromatic heterocycles. The molecule has 0 spiro atoms. The Morgan fingerprint density at radius 1 is 1.06 bits per heavy atom. The van der Waals surface area contributed by atoms with Gasteiger partial charge in [-0.05, 0) is 59.8 Å². The topological polar surface area (TPSA) is 110 Å². The number of carbonyl (C=O) groups excluding carboxylic acids is 1. The Balaban J connectivity index is 1.24. The second kappa shape index (κ2) is 8.07. The summed E-state index contributed by atoms with van der Waals surface area (Å²) in [7, 11) is 0. The molecule has 0 aliphatic carbocycles. The highest BCUT2D eigenvalue weighted by Gasteiger charge is 2.09. The van der Waals surface area contributed by atoms with Crippen molar-refractivity contribution in [1.29, 1.82) is 0 Å². The SMILES string of the molecule is O=C(Nc1ccc(-c2nn[nH]n2)cc1)c1cccc(OCc2cn3ccccc3n2)c1. The van der Waals surface area contributed by atoms with Crippen molar-refractivity contribution in [3.05, 3.63) is 90.4 Å². The predicted molar refractivity (Wildman–Crippen MR) is 114 cm³/mol. The number of anilines is 1. The lowest BCUT2D eigenvalue weighted by Crippen LogP contribution is -2.12. The van der Waals surface area contributed by atoms with Gasteiger partial charge in [-0.2, -0.15) is 5.21 Å². The van der Waals surface area contributed by atoms with E-state index in [1.165, 1.54) is 0 Å². The van der Waals surface area contributed by atoms with Crippen LogP contribution in [0.15, 0.2) is 79.1 Å². The van der Waals surface area contributed by atoms with E-state index >= 15 is 0 Å². The van der Waals surface area contributed by atoms with E-state index in [9.17, 15) is 4.79 Å². The number of imidazole rings is 1. The van der Waals surface area contributed by atoms with Crippen LogP contribution in [-0.4, -0.2) is 35.9 Å². The van der Waals surface area contributed by atoms with Crippen LogP contribution in [0.4, 0.5) is 5.69 Å². The first-order valence-corrected chi connectivity index (χ1v) is 9.55. The predicted octanol–water partition coefficient (Wildman–Crippen LogP) is 3.35. The number of hydrogen-bond acceptors (Lipinski definition) is 6. The van der Waals surface area contributed by atoms with Crippen LogP contribution >= 0.6 is 0 Å². The van der Waals surface area contributed by atoms with Crippen molar-refractivity contribution in [2.45, 2.75) is 6.61 Å². The first kappa shape index (κ1) is 18.5. The molecule has 1 amide bonds. The molecule has 152 valence electrons. The highest BCUT2D eigenvalue weighted by atomic mass is 16.5. The zero-order valence-corrected chi connectivity index (χ0v) is 16.3. The fourth-order valence-electron chi connectivity index (χ4n) is 3.13. The fourth-order valence-corrected chi connectivity index (χ4v) is 3.13. The van der Waals surface area contributed by atoms with E-state index in [4.69, 9.17) is 4.74 Å². The zero-order valence-electron chi connectivity index (χ0n) is 16.3. The van der Waals surface area contributed by atoms with Crippen molar-refractivity contribution in [3.8, 4) is 17.1 Å². The minimum Gasteiger partial charge on any atom is -0.487 e. The monoisotopic (exact) mass is 411 g/mol. The number of amides is 1.